The fourth-order valence-electron chi connectivity index (χ4n) is 3.92. The van der Waals surface area contributed by atoms with Crippen molar-refractivity contribution in [2.75, 3.05) is 25.1 Å². The molecule has 1 amide bonds. The first-order chi connectivity index (χ1) is 15.3. The van der Waals surface area contributed by atoms with Gasteiger partial charge in [0.1, 0.15) is 17.3 Å². The molecule has 5 rings (SSSR count). The minimum atomic E-state index is -0.241. The van der Waals surface area contributed by atoms with Crippen LogP contribution in [0, 0.1) is 0 Å². The van der Waals surface area contributed by atoms with E-state index in [2.05, 4.69) is 25.9 Å². The highest BCUT2D eigenvalue weighted by Crippen LogP contribution is 2.28. The van der Waals surface area contributed by atoms with Crippen molar-refractivity contribution in [2.24, 2.45) is 0 Å². The quantitative estimate of drug-likeness (QED) is 0.644. The van der Waals surface area contributed by atoms with Crippen molar-refractivity contribution in [3.8, 4) is 17.3 Å². The van der Waals surface area contributed by atoms with Gasteiger partial charge in [-0.3, -0.25) is 4.79 Å². The zero-order valence-corrected chi connectivity index (χ0v) is 17.2. The molecule has 2 aliphatic heterocycles. The van der Waals surface area contributed by atoms with Crippen LogP contribution in [0.25, 0.3) is 17.1 Å². The van der Waals surface area contributed by atoms with Crippen molar-refractivity contribution < 1.29 is 14.3 Å². The Bertz CT molecular complexity index is 1140. The summed E-state index contributed by atoms with van der Waals surface area (Å²) in [5, 5.41) is 2.93. The lowest BCUT2D eigenvalue weighted by Gasteiger charge is -2.17. The highest BCUT2D eigenvalue weighted by atomic mass is 16.5. The number of aryl methyl sites for hydroxylation is 1. The van der Waals surface area contributed by atoms with Gasteiger partial charge in [-0.15, -0.1) is 0 Å². The summed E-state index contributed by atoms with van der Waals surface area (Å²) in [7, 11) is 0. The molecule has 0 unspecified atom stereocenters. The smallest absolute Gasteiger partial charge is 0.260 e. The van der Waals surface area contributed by atoms with E-state index in [9.17, 15) is 4.79 Å². The molecular formula is C24H24N4O3. The normalized spacial score (nSPS) is 16.8. The molecule has 1 N–H and O–H groups in total. The summed E-state index contributed by atoms with van der Waals surface area (Å²) < 4.78 is 13.5. The highest BCUT2D eigenvalue weighted by molar-refractivity contribution is 6.06. The Balaban J connectivity index is 1.52. The van der Waals surface area contributed by atoms with Gasteiger partial charge in [0.2, 0.25) is 0 Å². The van der Waals surface area contributed by atoms with Crippen molar-refractivity contribution in [1.29, 1.82) is 0 Å². The maximum Gasteiger partial charge on any atom is 0.260 e. The number of nitrogens with zero attached hydrogens (tertiary/aromatic N) is 3. The Morgan fingerprint density at radius 1 is 1.10 bits per heavy atom. The monoisotopic (exact) mass is 416 g/mol. The standard InChI is InChI=1S/C24H24N4O3/c29-24-19-16-18(17-8-14-30-15-9-17)6-7-21(19)31-13-2-1-11-28-12-10-25-23(28)20-4-3-5-22(26-20)27-24/h3-8,10,12,16H,1-2,9,11,13-15H2,(H,26,27,29). The van der Waals surface area contributed by atoms with E-state index in [1.807, 2.05) is 36.5 Å². The molecule has 2 aliphatic rings. The number of imidazole rings is 1. The number of fused-ring (bicyclic) bond motifs is 5. The van der Waals surface area contributed by atoms with E-state index in [1.54, 1.807) is 12.3 Å². The predicted octanol–water partition coefficient (Wildman–Crippen LogP) is 4.17. The molecule has 7 nitrogen and oxygen atoms in total. The zero-order valence-electron chi connectivity index (χ0n) is 17.2. The van der Waals surface area contributed by atoms with E-state index >= 15 is 0 Å². The second kappa shape index (κ2) is 8.73. The summed E-state index contributed by atoms with van der Waals surface area (Å²) >= 11 is 0. The Kier molecular flexibility index (Phi) is 5.50. The Morgan fingerprint density at radius 3 is 2.97 bits per heavy atom. The molecule has 3 aromatic rings. The molecule has 4 heterocycles. The van der Waals surface area contributed by atoms with Gasteiger partial charge >= 0.3 is 0 Å². The van der Waals surface area contributed by atoms with Crippen LogP contribution in [0.15, 0.2) is 54.9 Å². The molecule has 158 valence electrons. The van der Waals surface area contributed by atoms with E-state index in [0.717, 1.165) is 42.9 Å². The van der Waals surface area contributed by atoms with Crippen LogP contribution in [0.4, 0.5) is 5.82 Å². The first-order valence-corrected chi connectivity index (χ1v) is 10.6. The minimum Gasteiger partial charge on any atom is -0.493 e. The Hall–Kier alpha value is -3.45. The van der Waals surface area contributed by atoms with Gasteiger partial charge < -0.3 is 19.4 Å². The number of anilines is 1. The average Bonchev–Trinajstić information content (AvgIpc) is 3.28. The molecule has 0 atom stereocenters. The molecule has 0 fully saturated rings. The molecule has 7 heteroatoms. The van der Waals surface area contributed by atoms with Crippen molar-refractivity contribution in [3.05, 3.63) is 66.0 Å². The van der Waals surface area contributed by atoms with Crippen LogP contribution in [0.5, 0.6) is 5.75 Å². The molecular weight excluding hydrogens is 392 g/mol. The Morgan fingerprint density at radius 2 is 2.06 bits per heavy atom. The van der Waals surface area contributed by atoms with Gasteiger partial charge in [-0.1, -0.05) is 18.2 Å². The topological polar surface area (TPSA) is 78.3 Å². The number of carbonyl (C=O) groups is 1. The third-order valence-corrected chi connectivity index (χ3v) is 5.54. The van der Waals surface area contributed by atoms with Gasteiger partial charge in [-0.25, -0.2) is 9.97 Å². The van der Waals surface area contributed by atoms with E-state index in [1.165, 1.54) is 5.57 Å². The number of hydrogen-bond acceptors (Lipinski definition) is 5. The summed E-state index contributed by atoms with van der Waals surface area (Å²) in [6.07, 6.45) is 8.44. The first kappa shape index (κ1) is 19.5. The second-order valence-electron chi connectivity index (χ2n) is 7.63. The lowest BCUT2D eigenvalue weighted by Crippen LogP contribution is -2.16. The van der Waals surface area contributed by atoms with Crippen LogP contribution >= 0.6 is 0 Å². The number of nitrogens with one attached hydrogen (secondary N) is 1. The molecule has 2 bridgehead atoms. The Labute approximate surface area is 180 Å². The van der Waals surface area contributed by atoms with Gasteiger partial charge in [0.25, 0.3) is 5.91 Å². The summed E-state index contributed by atoms with van der Waals surface area (Å²) in [6, 6.07) is 11.4. The molecule has 0 saturated carbocycles. The van der Waals surface area contributed by atoms with Crippen LogP contribution in [-0.4, -0.2) is 40.3 Å². The molecule has 0 aliphatic carbocycles. The number of carbonyl (C=O) groups excluding carboxylic acids is 1. The largest absolute Gasteiger partial charge is 0.493 e. The molecule has 0 spiro atoms. The molecule has 1 aromatic carbocycles. The van der Waals surface area contributed by atoms with E-state index in [-0.39, 0.29) is 5.91 Å². The average molecular weight is 416 g/mol. The van der Waals surface area contributed by atoms with Crippen LogP contribution in [0.1, 0.15) is 35.2 Å². The van der Waals surface area contributed by atoms with Gasteiger partial charge in [-0.05, 0) is 54.7 Å². The fourth-order valence-corrected chi connectivity index (χ4v) is 3.92. The van der Waals surface area contributed by atoms with Crippen LogP contribution in [-0.2, 0) is 11.3 Å². The lowest BCUT2D eigenvalue weighted by molar-refractivity contribution is 0.102. The van der Waals surface area contributed by atoms with Crippen molar-refractivity contribution in [3.63, 3.8) is 0 Å². The molecule has 31 heavy (non-hydrogen) atoms. The predicted molar refractivity (Wildman–Crippen MR) is 118 cm³/mol. The summed E-state index contributed by atoms with van der Waals surface area (Å²) in [6.45, 7) is 2.67. The number of amides is 1. The van der Waals surface area contributed by atoms with Crippen LogP contribution < -0.4 is 10.1 Å². The molecule has 0 radical (unpaired) electrons. The summed E-state index contributed by atoms with van der Waals surface area (Å²) in [5.74, 6) is 1.62. The third-order valence-electron chi connectivity index (χ3n) is 5.54. The maximum atomic E-state index is 13.2. The van der Waals surface area contributed by atoms with Crippen molar-refractivity contribution in [1.82, 2.24) is 14.5 Å². The third kappa shape index (κ3) is 4.22. The summed E-state index contributed by atoms with van der Waals surface area (Å²) in [5.41, 5.74) is 3.45. The van der Waals surface area contributed by atoms with Crippen LogP contribution in [0.2, 0.25) is 0 Å². The van der Waals surface area contributed by atoms with E-state index in [4.69, 9.17) is 9.47 Å². The number of benzene rings is 1. The SMILES string of the molecule is O=C1Nc2cccc(n2)-c2nccn2CCCCOc2ccc(C3=CCOCC3)cc21. The fraction of sp³-hybridized carbons (Fsp3) is 0.292. The zero-order chi connectivity index (χ0) is 21.0. The van der Waals surface area contributed by atoms with Gasteiger partial charge in [0.05, 0.1) is 25.4 Å². The van der Waals surface area contributed by atoms with Gasteiger partial charge in [0, 0.05) is 18.9 Å². The van der Waals surface area contributed by atoms with Gasteiger partial charge in [0.15, 0.2) is 5.82 Å². The number of ether oxygens (including phenoxy) is 2. The maximum absolute atomic E-state index is 13.2. The minimum absolute atomic E-state index is 0.241. The molecule has 0 saturated heterocycles. The number of pyridine rings is 1. The lowest BCUT2D eigenvalue weighted by atomic mass is 9.98. The van der Waals surface area contributed by atoms with Gasteiger partial charge in [-0.2, -0.15) is 0 Å². The van der Waals surface area contributed by atoms with Crippen molar-refractivity contribution in [2.45, 2.75) is 25.8 Å². The first-order valence-electron chi connectivity index (χ1n) is 10.6. The highest BCUT2D eigenvalue weighted by Gasteiger charge is 2.18. The van der Waals surface area contributed by atoms with E-state index in [0.29, 0.717) is 37.0 Å². The number of hydrogen-bond donors (Lipinski definition) is 1. The molecule has 2 aromatic heterocycles. The van der Waals surface area contributed by atoms with Crippen molar-refractivity contribution >= 4 is 17.3 Å². The van der Waals surface area contributed by atoms with Crippen LogP contribution in [0.3, 0.4) is 0 Å². The number of rotatable bonds is 1. The number of aromatic nitrogens is 3. The van der Waals surface area contributed by atoms with E-state index < -0.39 is 0 Å². The summed E-state index contributed by atoms with van der Waals surface area (Å²) in [4.78, 5) is 22.3. The second-order valence-corrected chi connectivity index (χ2v) is 7.63.